The summed E-state index contributed by atoms with van der Waals surface area (Å²) in [6.45, 7) is 10.4. The van der Waals surface area contributed by atoms with Crippen LogP contribution < -0.4 is 11.1 Å². The van der Waals surface area contributed by atoms with Crippen molar-refractivity contribution >= 4 is 39.2 Å². The Labute approximate surface area is 205 Å². The maximum Gasteiger partial charge on any atom is 0.410 e. The lowest BCUT2D eigenvalue weighted by Gasteiger charge is -2.36. The van der Waals surface area contributed by atoms with E-state index in [0.717, 1.165) is 75.0 Å². The van der Waals surface area contributed by atoms with Gasteiger partial charge in [0.1, 0.15) is 5.60 Å². The number of likely N-dealkylation sites (tertiary alicyclic amines) is 2. The zero-order chi connectivity index (χ0) is 24.3. The summed E-state index contributed by atoms with van der Waals surface area (Å²) in [5.41, 5.74) is 6.89. The molecule has 0 unspecified atom stereocenters. The van der Waals surface area contributed by atoms with Gasteiger partial charge in [0, 0.05) is 37.9 Å². The van der Waals surface area contributed by atoms with Gasteiger partial charge in [0.15, 0.2) is 5.01 Å². The molecule has 0 bridgehead atoms. The van der Waals surface area contributed by atoms with E-state index in [0.29, 0.717) is 16.6 Å². The predicted molar refractivity (Wildman–Crippen MR) is 136 cm³/mol. The van der Waals surface area contributed by atoms with Gasteiger partial charge in [-0.2, -0.15) is 0 Å². The summed E-state index contributed by atoms with van der Waals surface area (Å²) in [5.74, 6) is 0.569. The van der Waals surface area contributed by atoms with Crippen molar-refractivity contribution in [3.05, 3.63) is 23.2 Å². The third-order valence-electron chi connectivity index (χ3n) is 6.65. The molecular weight excluding hydrogens is 450 g/mol. The van der Waals surface area contributed by atoms with E-state index < -0.39 is 5.60 Å². The summed E-state index contributed by atoms with van der Waals surface area (Å²) < 4.78 is 6.44. The van der Waals surface area contributed by atoms with E-state index in [4.69, 9.17) is 10.5 Å². The molecule has 3 N–H and O–H groups in total. The smallest absolute Gasteiger partial charge is 0.410 e. The minimum absolute atomic E-state index is 0.0880. The van der Waals surface area contributed by atoms with Crippen molar-refractivity contribution < 1.29 is 14.3 Å². The van der Waals surface area contributed by atoms with Crippen LogP contribution in [0.2, 0.25) is 0 Å². The number of rotatable bonds is 5. The average molecular weight is 488 g/mol. The second kappa shape index (κ2) is 10.5. The van der Waals surface area contributed by atoms with E-state index in [2.05, 4.69) is 15.2 Å². The van der Waals surface area contributed by atoms with E-state index in [9.17, 15) is 9.59 Å². The van der Waals surface area contributed by atoms with Crippen LogP contribution in [0.25, 0.3) is 10.2 Å². The van der Waals surface area contributed by atoms with Gasteiger partial charge in [-0.25, -0.2) is 9.78 Å². The van der Waals surface area contributed by atoms with Gasteiger partial charge in [0.25, 0.3) is 5.91 Å². The number of thiazole rings is 1. The molecule has 8 nitrogen and oxygen atoms in total. The molecule has 2 fully saturated rings. The number of carbonyl (C=O) groups is 2. The lowest BCUT2D eigenvalue weighted by atomic mass is 9.93. The number of fused-ring (bicyclic) bond motifs is 1. The highest BCUT2D eigenvalue weighted by molar-refractivity contribution is 7.20. The molecule has 1 aromatic carbocycles. The predicted octanol–water partition coefficient (Wildman–Crippen LogP) is 4.11. The number of piperidine rings is 2. The molecule has 2 aliphatic heterocycles. The topological polar surface area (TPSA) is 101 Å². The Bertz CT molecular complexity index is 1000. The second-order valence-electron chi connectivity index (χ2n) is 10.5. The molecule has 0 radical (unpaired) electrons. The summed E-state index contributed by atoms with van der Waals surface area (Å²) in [5, 5.41) is 3.67. The first-order chi connectivity index (χ1) is 16.2. The summed E-state index contributed by atoms with van der Waals surface area (Å²) >= 11 is 1.39. The number of nitrogens with one attached hydrogen (secondary N) is 1. The van der Waals surface area contributed by atoms with Gasteiger partial charge in [0.05, 0.1) is 10.2 Å². The summed E-state index contributed by atoms with van der Waals surface area (Å²) in [6.07, 6.45) is 4.97. The lowest BCUT2D eigenvalue weighted by Crippen LogP contribution is -2.45. The van der Waals surface area contributed by atoms with Gasteiger partial charge >= 0.3 is 6.09 Å². The quantitative estimate of drug-likeness (QED) is 0.616. The molecule has 2 amide bonds. The van der Waals surface area contributed by atoms with Gasteiger partial charge in [-0.15, -0.1) is 11.3 Å². The highest BCUT2D eigenvalue weighted by atomic mass is 32.1. The Hall–Kier alpha value is -2.39. The zero-order valence-electron chi connectivity index (χ0n) is 20.5. The largest absolute Gasteiger partial charge is 0.444 e. The SMILES string of the molecule is CC(C)(C)OC(=O)N1CCC(CCN2CCC(NC(=O)c3nc4ccc(N)cc4s3)CC2)CC1. The third kappa shape index (κ3) is 6.60. The monoisotopic (exact) mass is 487 g/mol. The molecule has 2 aliphatic rings. The second-order valence-corrected chi connectivity index (χ2v) is 11.6. The minimum Gasteiger partial charge on any atom is -0.444 e. The van der Waals surface area contributed by atoms with Crippen molar-refractivity contribution in [2.24, 2.45) is 5.92 Å². The molecular formula is C25H37N5O3S. The Balaban J connectivity index is 1.15. The van der Waals surface area contributed by atoms with Crippen LogP contribution in [0.1, 0.15) is 62.7 Å². The van der Waals surface area contributed by atoms with E-state index in [1.807, 2.05) is 43.9 Å². The summed E-state index contributed by atoms with van der Waals surface area (Å²) in [4.78, 5) is 33.7. The van der Waals surface area contributed by atoms with Gasteiger partial charge in [0.2, 0.25) is 0 Å². The zero-order valence-corrected chi connectivity index (χ0v) is 21.3. The van der Waals surface area contributed by atoms with Crippen molar-refractivity contribution in [3.63, 3.8) is 0 Å². The van der Waals surface area contributed by atoms with Crippen LogP contribution >= 0.6 is 11.3 Å². The van der Waals surface area contributed by atoms with E-state index in [-0.39, 0.29) is 18.0 Å². The summed E-state index contributed by atoms with van der Waals surface area (Å²) in [6, 6.07) is 5.73. The Morgan fingerprint density at radius 3 is 2.53 bits per heavy atom. The first-order valence-corrected chi connectivity index (χ1v) is 13.1. The van der Waals surface area contributed by atoms with Crippen molar-refractivity contribution in [1.82, 2.24) is 20.1 Å². The van der Waals surface area contributed by atoms with Crippen molar-refractivity contribution in [1.29, 1.82) is 0 Å². The van der Waals surface area contributed by atoms with Gasteiger partial charge in [-0.1, -0.05) is 0 Å². The molecule has 3 heterocycles. The molecule has 4 rings (SSSR count). The van der Waals surface area contributed by atoms with Crippen molar-refractivity contribution in [2.45, 2.75) is 64.5 Å². The number of nitrogens with two attached hydrogens (primary N) is 1. The van der Waals surface area contributed by atoms with E-state index >= 15 is 0 Å². The number of aromatic nitrogens is 1. The highest BCUT2D eigenvalue weighted by Crippen LogP contribution is 2.25. The highest BCUT2D eigenvalue weighted by Gasteiger charge is 2.28. The molecule has 2 saturated heterocycles. The first kappa shape index (κ1) is 24.7. The molecule has 2 aromatic rings. The number of nitrogen functional groups attached to an aromatic ring is 1. The van der Waals surface area contributed by atoms with Crippen LogP contribution in [0.15, 0.2) is 18.2 Å². The number of hydrogen-bond acceptors (Lipinski definition) is 7. The average Bonchev–Trinajstić information content (AvgIpc) is 3.21. The van der Waals surface area contributed by atoms with Crippen molar-refractivity contribution in [2.75, 3.05) is 38.5 Å². The molecule has 1 aromatic heterocycles. The fourth-order valence-electron chi connectivity index (χ4n) is 4.68. The van der Waals surface area contributed by atoms with Crippen LogP contribution in [0, 0.1) is 5.92 Å². The maximum absolute atomic E-state index is 12.7. The number of hydrogen-bond donors (Lipinski definition) is 2. The van der Waals surface area contributed by atoms with Crippen molar-refractivity contribution in [3.8, 4) is 0 Å². The fraction of sp³-hybridized carbons (Fsp3) is 0.640. The molecule has 0 saturated carbocycles. The normalized spacial score (nSPS) is 18.9. The number of ether oxygens (including phenoxy) is 1. The van der Waals surface area contributed by atoms with Gasteiger partial charge in [-0.05, 0) is 83.5 Å². The number of amides is 2. The molecule has 0 atom stereocenters. The molecule has 9 heteroatoms. The molecule has 0 spiro atoms. The Morgan fingerprint density at radius 1 is 1.15 bits per heavy atom. The first-order valence-electron chi connectivity index (χ1n) is 12.3. The number of carbonyl (C=O) groups excluding carboxylic acids is 2. The summed E-state index contributed by atoms with van der Waals surface area (Å²) in [7, 11) is 0. The van der Waals surface area contributed by atoms with Gasteiger partial charge < -0.3 is 25.6 Å². The van der Waals surface area contributed by atoms with Crippen LogP contribution in [0.4, 0.5) is 10.5 Å². The van der Waals surface area contributed by atoms with E-state index in [1.54, 1.807) is 0 Å². The number of nitrogens with zero attached hydrogens (tertiary/aromatic N) is 3. The molecule has 0 aliphatic carbocycles. The molecule has 34 heavy (non-hydrogen) atoms. The standard InChI is InChI=1S/C25H37N5O3S/c1-25(2,3)33-24(32)30-14-7-17(8-15-30)6-11-29-12-9-19(10-13-29)27-22(31)23-28-20-5-4-18(26)16-21(20)34-23/h4-5,16-17,19H,6-15,26H2,1-3H3,(H,27,31). The Kier molecular flexibility index (Phi) is 7.62. The third-order valence-corrected chi connectivity index (χ3v) is 7.67. The maximum atomic E-state index is 12.7. The lowest BCUT2D eigenvalue weighted by molar-refractivity contribution is 0.0177. The fourth-order valence-corrected chi connectivity index (χ4v) is 5.60. The van der Waals surface area contributed by atoms with Gasteiger partial charge in [-0.3, -0.25) is 4.79 Å². The Morgan fingerprint density at radius 2 is 1.85 bits per heavy atom. The number of benzene rings is 1. The number of anilines is 1. The van der Waals surface area contributed by atoms with Crippen LogP contribution in [-0.4, -0.2) is 71.2 Å². The van der Waals surface area contributed by atoms with E-state index in [1.165, 1.54) is 11.3 Å². The van der Waals surface area contributed by atoms with Crippen LogP contribution in [0.5, 0.6) is 0 Å². The van der Waals surface area contributed by atoms with Crippen LogP contribution in [0.3, 0.4) is 0 Å². The van der Waals surface area contributed by atoms with Crippen LogP contribution in [-0.2, 0) is 4.74 Å². The minimum atomic E-state index is -0.442. The molecule has 186 valence electrons.